The van der Waals surface area contributed by atoms with Gasteiger partial charge in [0.15, 0.2) is 5.13 Å². The Bertz CT molecular complexity index is 368. The van der Waals surface area contributed by atoms with Crippen LogP contribution in [-0.4, -0.2) is 36.1 Å². The number of likely N-dealkylation sites (N-methyl/N-ethyl adjacent to an activating group) is 1. The summed E-state index contributed by atoms with van der Waals surface area (Å²) in [6.07, 6.45) is 4.04. The molecule has 1 fully saturated rings. The summed E-state index contributed by atoms with van der Waals surface area (Å²) in [6, 6.07) is 2.57. The molecule has 15 heavy (non-hydrogen) atoms. The van der Waals surface area contributed by atoms with E-state index >= 15 is 0 Å². The van der Waals surface area contributed by atoms with Crippen molar-refractivity contribution in [2.24, 2.45) is 0 Å². The van der Waals surface area contributed by atoms with Gasteiger partial charge in [-0.25, -0.2) is 4.98 Å². The second kappa shape index (κ2) is 4.60. The van der Waals surface area contributed by atoms with Crippen molar-refractivity contribution >= 4 is 16.5 Å². The Balaban J connectivity index is 1.93. The summed E-state index contributed by atoms with van der Waals surface area (Å²) in [4.78, 5) is 7.16. The maximum absolute atomic E-state index is 8.68. The van der Waals surface area contributed by atoms with Crippen LogP contribution in [0.5, 0.6) is 0 Å². The molecule has 1 aliphatic rings. The van der Waals surface area contributed by atoms with E-state index in [1.165, 1.54) is 30.7 Å². The average molecular weight is 222 g/mol. The molecule has 1 saturated heterocycles. The van der Waals surface area contributed by atoms with Gasteiger partial charge in [0.05, 0.1) is 6.20 Å². The summed E-state index contributed by atoms with van der Waals surface area (Å²) < 4.78 is 0. The number of thiazole rings is 1. The number of hydrogen-bond donors (Lipinski definition) is 1. The second-order valence-electron chi connectivity index (χ2n) is 3.89. The van der Waals surface area contributed by atoms with Gasteiger partial charge >= 0.3 is 0 Å². The number of nitriles is 1. The summed E-state index contributed by atoms with van der Waals surface area (Å²) in [5.74, 6) is 0. The van der Waals surface area contributed by atoms with Crippen LogP contribution < -0.4 is 5.32 Å². The van der Waals surface area contributed by atoms with Crippen LogP contribution in [0.3, 0.4) is 0 Å². The predicted octanol–water partition coefficient (Wildman–Crippen LogP) is 1.52. The lowest BCUT2D eigenvalue weighted by Crippen LogP contribution is -2.39. The molecule has 1 N–H and O–H groups in total. The Kier molecular flexibility index (Phi) is 3.19. The highest BCUT2D eigenvalue weighted by molar-refractivity contribution is 7.16. The van der Waals surface area contributed by atoms with Gasteiger partial charge in [0, 0.05) is 12.6 Å². The van der Waals surface area contributed by atoms with Crippen LogP contribution in [0.15, 0.2) is 6.20 Å². The Morgan fingerprint density at radius 2 is 2.60 bits per heavy atom. The second-order valence-corrected chi connectivity index (χ2v) is 4.92. The zero-order valence-electron chi connectivity index (χ0n) is 8.73. The van der Waals surface area contributed by atoms with E-state index < -0.39 is 0 Å². The molecule has 0 radical (unpaired) electrons. The SMILES string of the molecule is CN1CCCC(Nc2ncc(C#N)s2)C1. The minimum Gasteiger partial charge on any atom is -0.357 e. The molecule has 1 aromatic rings. The number of likely N-dealkylation sites (tertiary alicyclic amines) is 1. The topological polar surface area (TPSA) is 52.0 Å². The first-order chi connectivity index (χ1) is 7.28. The van der Waals surface area contributed by atoms with Crippen LogP contribution >= 0.6 is 11.3 Å². The van der Waals surface area contributed by atoms with Gasteiger partial charge in [-0.05, 0) is 26.4 Å². The molecule has 0 aromatic carbocycles. The molecule has 1 unspecified atom stereocenters. The van der Waals surface area contributed by atoms with Crippen LogP contribution in [0.1, 0.15) is 17.7 Å². The van der Waals surface area contributed by atoms with Gasteiger partial charge in [0.2, 0.25) is 0 Å². The van der Waals surface area contributed by atoms with E-state index in [9.17, 15) is 0 Å². The Morgan fingerprint density at radius 3 is 3.27 bits per heavy atom. The van der Waals surface area contributed by atoms with Gasteiger partial charge < -0.3 is 10.2 Å². The molecule has 80 valence electrons. The number of nitrogens with zero attached hydrogens (tertiary/aromatic N) is 3. The van der Waals surface area contributed by atoms with E-state index in [4.69, 9.17) is 5.26 Å². The first-order valence-electron chi connectivity index (χ1n) is 5.09. The van der Waals surface area contributed by atoms with E-state index in [1.807, 2.05) is 0 Å². The van der Waals surface area contributed by atoms with Crippen LogP contribution in [0.25, 0.3) is 0 Å². The number of nitrogens with one attached hydrogen (secondary N) is 1. The fourth-order valence-electron chi connectivity index (χ4n) is 1.85. The van der Waals surface area contributed by atoms with Crippen molar-refractivity contribution in [1.82, 2.24) is 9.88 Å². The minimum absolute atomic E-state index is 0.474. The minimum atomic E-state index is 0.474. The van der Waals surface area contributed by atoms with E-state index in [1.54, 1.807) is 6.20 Å². The molecular weight excluding hydrogens is 208 g/mol. The highest BCUT2D eigenvalue weighted by atomic mass is 32.1. The quantitative estimate of drug-likeness (QED) is 0.824. The van der Waals surface area contributed by atoms with Crippen molar-refractivity contribution in [2.45, 2.75) is 18.9 Å². The lowest BCUT2D eigenvalue weighted by molar-refractivity contribution is 0.261. The standard InChI is InChI=1S/C10H14N4S/c1-14-4-2-3-8(7-14)13-10-12-6-9(5-11)15-10/h6,8H,2-4,7H2,1H3,(H,12,13). The molecule has 2 heterocycles. The number of hydrogen-bond acceptors (Lipinski definition) is 5. The lowest BCUT2D eigenvalue weighted by Gasteiger charge is -2.29. The van der Waals surface area contributed by atoms with Gasteiger partial charge in [-0.1, -0.05) is 11.3 Å². The van der Waals surface area contributed by atoms with Gasteiger partial charge in [-0.15, -0.1) is 0 Å². The van der Waals surface area contributed by atoms with Crippen LogP contribution in [0.2, 0.25) is 0 Å². The molecule has 4 nitrogen and oxygen atoms in total. The van der Waals surface area contributed by atoms with E-state index in [-0.39, 0.29) is 0 Å². The summed E-state index contributed by atoms with van der Waals surface area (Å²) in [6.45, 7) is 2.24. The molecule has 0 bridgehead atoms. The molecule has 0 amide bonds. The highest BCUT2D eigenvalue weighted by Crippen LogP contribution is 2.20. The zero-order valence-corrected chi connectivity index (χ0v) is 9.55. The van der Waals surface area contributed by atoms with Crippen LogP contribution in [-0.2, 0) is 0 Å². The Labute approximate surface area is 93.5 Å². The fourth-order valence-corrected chi connectivity index (χ4v) is 2.54. The lowest BCUT2D eigenvalue weighted by atomic mass is 10.1. The summed E-state index contributed by atoms with van der Waals surface area (Å²) >= 11 is 1.43. The molecule has 1 aromatic heterocycles. The third-order valence-electron chi connectivity index (χ3n) is 2.57. The third kappa shape index (κ3) is 2.67. The van der Waals surface area contributed by atoms with Crippen molar-refractivity contribution in [3.05, 3.63) is 11.1 Å². The maximum Gasteiger partial charge on any atom is 0.184 e. The molecule has 2 rings (SSSR count). The number of rotatable bonds is 2. The zero-order chi connectivity index (χ0) is 10.7. The first-order valence-corrected chi connectivity index (χ1v) is 5.90. The van der Waals surface area contributed by atoms with Crippen molar-refractivity contribution in [2.75, 3.05) is 25.5 Å². The van der Waals surface area contributed by atoms with Gasteiger partial charge in [-0.2, -0.15) is 5.26 Å². The van der Waals surface area contributed by atoms with Crippen molar-refractivity contribution < 1.29 is 0 Å². The van der Waals surface area contributed by atoms with Gasteiger partial charge in [0.25, 0.3) is 0 Å². The molecule has 0 saturated carbocycles. The van der Waals surface area contributed by atoms with Crippen LogP contribution in [0.4, 0.5) is 5.13 Å². The molecule has 0 aliphatic carbocycles. The normalized spacial score (nSPS) is 22.3. The monoisotopic (exact) mass is 222 g/mol. The molecule has 5 heteroatoms. The van der Waals surface area contributed by atoms with Crippen molar-refractivity contribution in [3.63, 3.8) is 0 Å². The number of piperidine rings is 1. The predicted molar refractivity (Wildman–Crippen MR) is 61.0 cm³/mol. The van der Waals surface area contributed by atoms with Gasteiger partial charge in [0.1, 0.15) is 10.9 Å². The molecule has 1 aliphatic heterocycles. The molecular formula is C10H14N4S. The van der Waals surface area contributed by atoms with E-state index in [0.29, 0.717) is 10.9 Å². The van der Waals surface area contributed by atoms with E-state index in [0.717, 1.165) is 11.7 Å². The summed E-state index contributed by atoms with van der Waals surface area (Å²) in [5, 5.41) is 12.9. The highest BCUT2D eigenvalue weighted by Gasteiger charge is 2.17. The third-order valence-corrected chi connectivity index (χ3v) is 3.40. The molecule has 1 atom stereocenters. The average Bonchev–Trinajstić information content (AvgIpc) is 2.65. The largest absolute Gasteiger partial charge is 0.357 e. The van der Waals surface area contributed by atoms with Gasteiger partial charge in [-0.3, -0.25) is 0 Å². The van der Waals surface area contributed by atoms with Crippen LogP contribution in [0, 0.1) is 11.3 Å². The maximum atomic E-state index is 8.68. The Morgan fingerprint density at radius 1 is 1.73 bits per heavy atom. The smallest absolute Gasteiger partial charge is 0.184 e. The van der Waals surface area contributed by atoms with E-state index in [2.05, 4.69) is 28.3 Å². The number of aromatic nitrogens is 1. The summed E-state index contributed by atoms with van der Waals surface area (Å²) in [7, 11) is 2.14. The van der Waals surface area contributed by atoms with Crippen molar-refractivity contribution in [3.8, 4) is 6.07 Å². The fraction of sp³-hybridized carbons (Fsp3) is 0.600. The Hall–Kier alpha value is -1.12. The summed E-state index contributed by atoms with van der Waals surface area (Å²) in [5.41, 5.74) is 0. The first kappa shape index (κ1) is 10.4. The number of anilines is 1. The molecule has 0 spiro atoms. The van der Waals surface area contributed by atoms with Crippen molar-refractivity contribution in [1.29, 1.82) is 5.26 Å².